The summed E-state index contributed by atoms with van der Waals surface area (Å²) >= 11 is 1.70. The van der Waals surface area contributed by atoms with Crippen molar-refractivity contribution in [3.8, 4) is 0 Å². The van der Waals surface area contributed by atoms with E-state index in [0.717, 1.165) is 18.0 Å². The minimum absolute atomic E-state index is 0.676. The van der Waals surface area contributed by atoms with E-state index in [-0.39, 0.29) is 0 Å². The molecule has 1 saturated heterocycles. The number of nitrogens with zero attached hydrogens (tertiary/aromatic N) is 4. The van der Waals surface area contributed by atoms with Crippen molar-refractivity contribution in [3.63, 3.8) is 0 Å². The maximum absolute atomic E-state index is 5.89. The maximum Gasteiger partial charge on any atom is 0.180 e. The third-order valence-corrected chi connectivity index (χ3v) is 6.21. The number of anilines is 1. The Morgan fingerprint density at radius 1 is 1.26 bits per heavy atom. The van der Waals surface area contributed by atoms with Crippen molar-refractivity contribution in [2.45, 2.75) is 38.6 Å². The topological polar surface area (TPSA) is 48.6 Å². The molecule has 2 N–H and O–H groups in total. The van der Waals surface area contributed by atoms with Gasteiger partial charge in [-0.15, -0.1) is 11.3 Å². The summed E-state index contributed by atoms with van der Waals surface area (Å²) in [7, 11) is 2.22. The van der Waals surface area contributed by atoms with Gasteiger partial charge in [-0.3, -0.25) is 9.80 Å². The van der Waals surface area contributed by atoms with Gasteiger partial charge in [-0.2, -0.15) is 0 Å². The normalized spacial score (nSPS) is 23.3. The zero-order valence-electron chi connectivity index (χ0n) is 14.6. The Balaban J connectivity index is 1.54. The first-order valence-corrected chi connectivity index (χ1v) is 9.86. The van der Waals surface area contributed by atoms with Gasteiger partial charge in [-0.1, -0.05) is 6.92 Å². The fraction of sp³-hybridized carbons (Fsp3) is 0.824. The molecule has 0 bridgehead atoms. The summed E-state index contributed by atoms with van der Waals surface area (Å²) in [4.78, 5) is 13.7. The average molecular weight is 338 g/mol. The van der Waals surface area contributed by atoms with Crippen molar-refractivity contribution < 1.29 is 0 Å². The van der Waals surface area contributed by atoms with Gasteiger partial charge in [0.15, 0.2) is 5.13 Å². The van der Waals surface area contributed by atoms with Crippen LogP contribution in [0.25, 0.3) is 0 Å². The lowest BCUT2D eigenvalue weighted by Gasteiger charge is -2.37. The van der Waals surface area contributed by atoms with Crippen molar-refractivity contribution in [2.75, 3.05) is 58.6 Å². The monoisotopic (exact) mass is 337 g/mol. The molecular formula is C17H31N5S. The van der Waals surface area contributed by atoms with Crippen LogP contribution in [-0.2, 0) is 12.8 Å². The van der Waals surface area contributed by atoms with Crippen LogP contribution in [-0.4, -0.2) is 78.6 Å². The van der Waals surface area contributed by atoms with Gasteiger partial charge >= 0.3 is 0 Å². The summed E-state index contributed by atoms with van der Waals surface area (Å²) in [6, 6.07) is 0.676. The predicted molar refractivity (Wildman–Crippen MR) is 98.1 cm³/mol. The first-order valence-electron chi connectivity index (χ1n) is 9.04. The highest BCUT2D eigenvalue weighted by Crippen LogP contribution is 2.30. The third-order valence-electron chi connectivity index (χ3n) is 5.26. The van der Waals surface area contributed by atoms with E-state index in [1.807, 2.05) is 0 Å². The largest absolute Gasteiger partial charge is 0.375 e. The van der Waals surface area contributed by atoms with Crippen LogP contribution in [0.2, 0.25) is 0 Å². The van der Waals surface area contributed by atoms with Crippen molar-refractivity contribution >= 4 is 16.5 Å². The van der Waals surface area contributed by atoms with Crippen molar-refractivity contribution in [3.05, 3.63) is 10.6 Å². The second-order valence-corrected chi connectivity index (χ2v) is 8.11. The Morgan fingerprint density at radius 3 is 2.78 bits per heavy atom. The summed E-state index contributed by atoms with van der Waals surface area (Å²) in [6.45, 7) is 10.8. The van der Waals surface area contributed by atoms with Gasteiger partial charge in [0.05, 0.1) is 5.69 Å². The predicted octanol–water partition coefficient (Wildman–Crippen LogP) is 1.54. The number of rotatable bonds is 6. The summed E-state index contributed by atoms with van der Waals surface area (Å²) in [5.74, 6) is 0. The minimum atomic E-state index is 0.676. The molecule has 1 aliphatic heterocycles. The van der Waals surface area contributed by atoms with Crippen LogP contribution in [0.15, 0.2) is 0 Å². The Bertz CT molecular complexity index is 495. The highest BCUT2D eigenvalue weighted by molar-refractivity contribution is 7.15. The number of hydrogen-bond donors (Lipinski definition) is 1. The van der Waals surface area contributed by atoms with Gasteiger partial charge in [-0.05, 0) is 39.3 Å². The van der Waals surface area contributed by atoms with Gasteiger partial charge < -0.3 is 10.6 Å². The summed E-state index contributed by atoms with van der Waals surface area (Å²) in [5.41, 5.74) is 7.15. The van der Waals surface area contributed by atoms with Crippen LogP contribution in [0.1, 0.15) is 30.3 Å². The number of nitrogen functional groups attached to an aromatic ring is 1. The molecule has 0 radical (unpaired) electrons. The highest BCUT2D eigenvalue weighted by atomic mass is 32.1. The van der Waals surface area contributed by atoms with E-state index in [4.69, 9.17) is 5.73 Å². The molecule has 23 heavy (non-hydrogen) atoms. The summed E-state index contributed by atoms with van der Waals surface area (Å²) in [6.07, 6.45) is 4.71. The minimum Gasteiger partial charge on any atom is -0.375 e. The molecule has 0 saturated carbocycles. The molecule has 3 rings (SSSR count). The van der Waals surface area contributed by atoms with Crippen molar-refractivity contribution in [1.29, 1.82) is 0 Å². The van der Waals surface area contributed by atoms with E-state index in [1.54, 1.807) is 11.3 Å². The van der Waals surface area contributed by atoms with Gasteiger partial charge in [0, 0.05) is 50.2 Å². The number of hydrogen-bond acceptors (Lipinski definition) is 6. The zero-order chi connectivity index (χ0) is 16.2. The molecule has 0 aromatic carbocycles. The quantitative estimate of drug-likeness (QED) is 0.853. The molecule has 1 aliphatic carbocycles. The molecule has 1 atom stereocenters. The van der Waals surface area contributed by atoms with Crippen LogP contribution in [0, 0.1) is 0 Å². The lowest BCUT2D eigenvalue weighted by molar-refractivity contribution is 0.115. The summed E-state index contributed by atoms with van der Waals surface area (Å²) in [5, 5.41) is 0.745. The molecule has 5 nitrogen and oxygen atoms in total. The van der Waals surface area contributed by atoms with E-state index in [9.17, 15) is 0 Å². The van der Waals surface area contributed by atoms with E-state index >= 15 is 0 Å². The molecular weight excluding hydrogens is 306 g/mol. The Morgan fingerprint density at radius 2 is 2.04 bits per heavy atom. The van der Waals surface area contributed by atoms with E-state index in [2.05, 4.69) is 33.7 Å². The zero-order valence-corrected chi connectivity index (χ0v) is 15.4. The number of piperazine rings is 1. The van der Waals surface area contributed by atoms with Gasteiger partial charge in [0.1, 0.15) is 0 Å². The van der Waals surface area contributed by atoms with E-state index < -0.39 is 0 Å². The fourth-order valence-electron chi connectivity index (χ4n) is 3.79. The number of aryl methyl sites for hydroxylation is 1. The Hall–Kier alpha value is -0.690. The first kappa shape index (κ1) is 17.1. The van der Waals surface area contributed by atoms with E-state index in [0.29, 0.717) is 6.04 Å². The molecule has 1 unspecified atom stereocenters. The molecule has 0 spiro atoms. The fourth-order valence-corrected chi connectivity index (χ4v) is 4.74. The summed E-state index contributed by atoms with van der Waals surface area (Å²) < 4.78 is 0. The third kappa shape index (κ3) is 4.44. The van der Waals surface area contributed by atoms with Crippen molar-refractivity contribution in [1.82, 2.24) is 19.7 Å². The molecule has 2 aliphatic rings. The standard InChI is InChI=1S/C17H31N5S/c1-3-6-22(12-11-21-9-7-20(2)8-10-21)14-4-5-15-16(13-14)23-17(18)19-15/h14H,3-13H2,1-2H3,(H2,18,19). The highest BCUT2D eigenvalue weighted by Gasteiger charge is 2.26. The lowest BCUT2D eigenvalue weighted by atomic mass is 9.96. The molecule has 130 valence electrons. The van der Waals surface area contributed by atoms with Crippen LogP contribution in [0.4, 0.5) is 5.13 Å². The van der Waals surface area contributed by atoms with Crippen LogP contribution >= 0.6 is 11.3 Å². The van der Waals surface area contributed by atoms with Gasteiger partial charge in [0.2, 0.25) is 0 Å². The van der Waals surface area contributed by atoms with Crippen LogP contribution in [0.5, 0.6) is 0 Å². The number of fused-ring (bicyclic) bond motifs is 1. The van der Waals surface area contributed by atoms with Gasteiger partial charge in [0.25, 0.3) is 0 Å². The van der Waals surface area contributed by atoms with Crippen LogP contribution in [0.3, 0.4) is 0 Å². The number of nitrogens with two attached hydrogens (primary N) is 1. The SMILES string of the molecule is CCCN(CCN1CCN(C)CC1)C1CCc2nc(N)sc2C1. The second-order valence-electron chi connectivity index (χ2n) is 7.00. The Kier molecular flexibility index (Phi) is 5.91. The van der Waals surface area contributed by atoms with Crippen molar-refractivity contribution in [2.24, 2.45) is 0 Å². The first-order chi connectivity index (χ1) is 11.2. The molecule has 1 fully saturated rings. The van der Waals surface area contributed by atoms with Crippen LogP contribution < -0.4 is 5.73 Å². The number of aromatic nitrogens is 1. The number of thiazole rings is 1. The molecule has 6 heteroatoms. The molecule has 2 heterocycles. The smallest absolute Gasteiger partial charge is 0.180 e. The molecule has 0 amide bonds. The maximum atomic E-state index is 5.89. The average Bonchev–Trinajstić information content (AvgIpc) is 2.92. The lowest BCUT2D eigenvalue weighted by Crippen LogP contribution is -2.49. The number of likely N-dealkylation sites (N-methyl/N-ethyl adjacent to an activating group) is 1. The van der Waals surface area contributed by atoms with Gasteiger partial charge in [-0.25, -0.2) is 4.98 Å². The molecule has 1 aromatic heterocycles. The Labute approximate surface area is 144 Å². The molecule has 1 aromatic rings. The second kappa shape index (κ2) is 7.92. The van der Waals surface area contributed by atoms with E-state index in [1.165, 1.54) is 69.2 Å².